The van der Waals surface area contributed by atoms with Crippen molar-refractivity contribution in [2.75, 3.05) is 26.2 Å². The highest BCUT2D eigenvalue weighted by Crippen LogP contribution is 2.34. The number of carbonyl (C=O) groups excluding carboxylic acids is 2. The molecule has 3 fully saturated rings. The van der Waals surface area contributed by atoms with E-state index < -0.39 is 6.10 Å². The summed E-state index contributed by atoms with van der Waals surface area (Å²) in [6.07, 6.45) is 7.21. The highest BCUT2D eigenvalue weighted by atomic mass is 16.3. The van der Waals surface area contributed by atoms with Crippen LogP contribution in [-0.4, -0.2) is 59.0 Å². The van der Waals surface area contributed by atoms with E-state index in [0.29, 0.717) is 6.54 Å². The zero-order valence-electron chi connectivity index (χ0n) is 13.4. The van der Waals surface area contributed by atoms with Gasteiger partial charge in [0.2, 0.25) is 11.8 Å². The molecule has 3 aliphatic rings. The van der Waals surface area contributed by atoms with E-state index in [1.165, 1.54) is 0 Å². The van der Waals surface area contributed by atoms with Crippen LogP contribution in [0.4, 0.5) is 0 Å². The number of aliphatic hydroxyl groups excluding tert-OH is 1. The summed E-state index contributed by atoms with van der Waals surface area (Å²) in [6, 6.07) is 0. The first-order valence-corrected chi connectivity index (χ1v) is 8.92. The van der Waals surface area contributed by atoms with Gasteiger partial charge < -0.3 is 14.9 Å². The van der Waals surface area contributed by atoms with Gasteiger partial charge in [0.1, 0.15) is 0 Å². The number of amides is 2. The SMILES string of the molecule is O=C([C@H]1CCCC[C@H]1C(=O)N1CCCC1)N1CCC[C@@H](O)C1. The maximum absolute atomic E-state index is 12.9. The van der Waals surface area contributed by atoms with E-state index in [0.717, 1.165) is 71.0 Å². The van der Waals surface area contributed by atoms with Crippen molar-refractivity contribution < 1.29 is 14.7 Å². The number of hydrogen-bond acceptors (Lipinski definition) is 3. The lowest BCUT2D eigenvalue weighted by Gasteiger charge is -2.38. The van der Waals surface area contributed by atoms with Crippen molar-refractivity contribution >= 4 is 11.8 Å². The van der Waals surface area contributed by atoms with Crippen LogP contribution in [-0.2, 0) is 9.59 Å². The molecule has 0 unspecified atom stereocenters. The van der Waals surface area contributed by atoms with Crippen LogP contribution < -0.4 is 0 Å². The number of β-amino-alcohol motifs (C(OH)–C–C–N with tert-alkyl or cyclic N) is 1. The minimum Gasteiger partial charge on any atom is -0.391 e. The Kier molecular flexibility index (Phi) is 5.01. The van der Waals surface area contributed by atoms with Crippen molar-refractivity contribution in [2.45, 2.75) is 57.5 Å². The first-order valence-electron chi connectivity index (χ1n) is 8.92. The minimum absolute atomic E-state index is 0.107. The van der Waals surface area contributed by atoms with Gasteiger partial charge in [-0.3, -0.25) is 9.59 Å². The van der Waals surface area contributed by atoms with Crippen LogP contribution >= 0.6 is 0 Å². The van der Waals surface area contributed by atoms with E-state index in [-0.39, 0.29) is 23.7 Å². The molecule has 3 rings (SSSR count). The maximum atomic E-state index is 12.9. The van der Waals surface area contributed by atoms with Crippen molar-refractivity contribution in [2.24, 2.45) is 11.8 Å². The highest BCUT2D eigenvalue weighted by Gasteiger charge is 2.40. The zero-order valence-corrected chi connectivity index (χ0v) is 13.4. The molecule has 5 heteroatoms. The van der Waals surface area contributed by atoms with E-state index in [1.807, 2.05) is 4.90 Å². The van der Waals surface area contributed by atoms with Crippen LogP contribution in [0.25, 0.3) is 0 Å². The third-order valence-corrected chi connectivity index (χ3v) is 5.53. The number of piperidine rings is 1. The monoisotopic (exact) mass is 308 g/mol. The molecule has 2 heterocycles. The summed E-state index contributed by atoms with van der Waals surface area (Å²) in [6.45, 7) is 2.90. The number of hydrogen-bond donors (Lipinski definition) is 1. The molecule has 124 valence electrons. The van der Waals surface area contributed by atoms with E-state index >= 15 is 0 Å². The van der Waals surface area contributed by atoms with E-state index in [2.05, 4.69) is 0 Å². The van der Waals surface area contributed by atoms with Gasteiger partial charge in [-0.05, 0) is 38.5 Å². The number of likely N-dealkylation sites (tertiary alicyclic amines) is 2. The molecule has 1 aliphatic carbocycles. The molecule has 2 aliphatic heterocycles. The summed E-state index contributed by atoms with van der Waals surface area (Å²) < 4.78 is 0. The van der Waals surface area contributed by atoms with Crippen LogP contribution in [0.2, 0.25) is 0 Å². The van der Waals surface area contributed by atoms with Gasteiger partial charge >= 0.3 is 0 Å². The quantitative estimate of drug-likeness (QED) is 0.839. The van der Waals surface area contributed by atoms with Gasteiger partial charge in [0.25, 0.3) is 0 Å². The molecule has 0 radical (unpaired) electrons. The molecule has 22 heavy (non-hydrogen) atoms. The second-order valence-electron chi connectivity index (χ2n) is 7.11. The van der Waals surface area contributed by atoms with Crippen molar-refractivity contribution in [3.63, 3.8) is 0 Å². The first kappa shape index (κ1) is 15.8. The molecule has 0 aromatic heterocycles. The first-order chi connectivity index (χ1) is 10.7. The number of nitrogens with zero attached hydrogens (tertiary/aromatic N) is 2. The molecule has 0 aromatic carbocycles. The van der Waals surface area contributed by atoms with E-state index in [1.54, 1.807) is 4.90 Å². The van der Waals surface area contributed by atoms with Gasteiger partial charge in [0, 0.05) is 38.0 Å². The Balaban J connectivity index is 1.68. The molecular formula is C17H28N2O3. The lowest BCUT2D eigenvalue weighted by atomic mass is 9.77. The minimum atomic E-state index is -0.394. The average Bonchev–Trinajstić information content (AvgIpc) is 3.08. The predicted molar refractivity (Wildman–Crippen MR) is 83.1 cm³/mol. The Labute approximate surface area is 132 Å². The van der Waals surface area contributed by atoms with Gasteiger partial charge in [-0.15, -0.1) is 0 Å². The largest absolute Gasteiger partial charge is 0.391 e. The molecular weight excluding hydrogens is 280 g/mol. The van der Waals surface area contributed by atoms with Crippen LogP contribution in [0.3, 0.4) is 0 Å². The van der Waals surface area contributed by atoms with Crippen LogP contribution in [0.15, 0.2) is 0 Å². The summed E-state index contributed by atoms with van der Waals surface area (Å²) in [7, 11) is 0. The average molecular weight is 308 g/mol. The van der Waals surface area contributed by atoms with Crippen molar-refractivity contribution in [1.29, 1.82) is 0 Å². The Hall–Kier alpha value is -1.10. The molecule has 5 nitrogen and oxygen atoms in total. The van der Waals surface area contributed by atoms with Gasteiger partial charge in [-0.1, -0.05) is 12.8 Å². The van der Waals surface area contributed by atoms with Crippen LogP contribution in [0.5, 0.6) is 0 Å². The fraction of sp³-hybridized carbons (Fsp3) is 0.882. The van der Waals surface area contributed by atoms with Gasteiger partial charge in [0.05, 0.1) is 6.10 Å². The summed E-state index contributed by atoms with van der Waals surface area (Å²) >= 11 is 0. The third kappa shape index (κ3) is 3.29. The Morgan fingerprint density at radius 1 is 0.727 bits per heavy atom. The molecule has 1 N–H and O–H groups in total. The van der Waals surface area contributed by atoms with Gasteiger partial charge in [-0.2, -0.15) is 0 Å². The summed E-state index contributed by atoms with van der Waals surface area (Å²) in [5, 5.41) is 9.81. The molecule has 2 amide bonds. The van der Waals surface area contributed by atoms with Crippen LogP contribution in [0, 0.1) is 11.8 Å². The second-order valence-corrected chi connectivity index (χ2v) is 7.11. The molecule has 3 atom stereocenters. The Morgan fingerprint density at radius 2 is 1.27 bits per heavy atom. The highest BCUT2D eigenvalue weighted by molar-refractivity contribution is 5.88. The van der Waals surface area contributed by atoms with E-state index in [9.17, 15) is 14.7 Å². The summed E-state index contributed by atoms with van der Waals surface area (Å²) in [5.41, 5.74) is 0. The van der Waals surface area contributed by atoms with Crippen molar-refractivity contribution in [1.82, 2.24) is 9.80 Å². The number of carbonyl (C=O) groups is 2. The topological polar surface area (TPSA) is 60.9 Å². The van der Waals surface area contributed by atoms with Crippen molar-refractivity contribution in [3.05, 3.63) is 0 Å². The third-order valence-electron chi connectivity index (χ3n) is 5.53. The van der Waals surface area contributed by atoms with Crippen LogP contribution in [0.1, 0.15) is 51.4 Å². The molecule has 1 saturated carbocycles. The molecule has 0 spiro atoms. The van der Waals surface area contributed by atoms with E-state index in [4.69, 9.17) is 0 Å². The van der Waals surface area contributed by atoms with Crippen molar-refractivity contribution in [3.8, 4) is 0 Å². The number of rotatable bonds is 2. The number of aliphatic hydroxyl groups is 1. The molecule has 0 aromatic rings. The Morgan fingerprint density at radius 3 is 1.86 bits per heavy atom. The normalized spacial score (nSPS) is 33.0. The second kappa shape index (κ2) is 6.99. The molecule has 2 saturated heterocycles. The summed E-state index contributed by atoms with van der Waals surface area (Å²) in [4.78, 5) is 29.4. The standard InChI is InChI=1S/C17H28N2O3/c20-13-6-5-11-19(12-13)17(22)15-8-2-1-7-14(15)16(21)18-9-3-4-10-18/h13-15,20H,1-12H2/t13-,14-,15+/m1/s1. The fourth-order valence-electron chi connectivity index (χ4n) is 4.28. The predicted octanol–water partition coefficient (Wildman–Crippen LogP) is 1.40. The Bertz CT molecular complexity index is 420. The lowest BCUT2D eigenvalue weighted by molar-refractivity contribution is -0.149. The van der Waals surface area contributed by atoms with Gasteiger partial charge in [0.15, 0.2) is 0 Å². The smallest absolute Gasteiger partial charge is 0.226 e. The van der Waals surface area contributed by atoms with Gasteiger partial charge in [-0.25, -0.2) is 0 Å². The molecule has 0 bridgehead atoms. The zero-order chi connectivity index (χ0) is 15.5. The lowest BCUT2D eigenvalue weighted by Crippen LogP contribution is -2.49. The fourth-order valence-corrected chi connectivity index (χ4v) is 4.28. The summed E-state index contributed by atoms with van der Waals surface area (Å²) in [5.74, 6) is 0.0228. The maximum Gasteiger partial charge on any atom is 0.226 e.